The molecule has 2 aliphatic rings. The van der Waals surface area contributed by atoms with Crippen LogP contribution in [-0.4, -0.2) is 72.9 Å². The Hall–Kier alpha value is -4.72. The van der Waals surface area contributed by atoms with E-state index in [0.717, 1.165) is 22.4 Å². The summed E-state index contributed by atoms with van der Waals surface area (Å²) in [6, 6.07) is 35.5. The molecule has 0 unspecified atom stereocenters. The molecular formula is C42H40FNO8S. The predicted molar refractivity (Wildman–Crippen MR) is 201 cm³/mol. The van der Waals surface area contributed by atoms with Gasteiger partial charge in [0.05, 0.1) is 12.7 Å². The fourth-order valence-corrected chi connectivity index (χ4v) is 7.53. The average Bonchev–Trinajstić information content (AvgIpc) is 3.52. The molecule has 0 radical (unpaired) electrons. The van der Waals surface area contributed by atoms with E-state index < -0.39 is 55.4 Å². The van der Waals surface area contributed by atoms with Crippen molar-refractivity contribution in [3.63, 3.8) is 0 Å². The first-order chi connectivity index (χ1) is 25.6. The lowest BCUT2D eigenvalue weighted by atomic mass is 9.90. The zero-order valence-electron chi connectivity index (χ0n) is 28.5. The molecule has 8 atom stereocenters. The number of halogens is 1. The van der Waals surface area contributed by atoms with Gasteiger partial charge in [0, 0.05) is 11.3 Å². The second-order valence-electron chi connectivity index (χ2n) is 13.4. The second-order valence-corrected chi connectivity index (χ2v) is 13.8. The van der Waals surface area contributed by atoms with Gasteiger partial charge in [0.25, 0.3) is 5.17 Å². The number of anilines is 1. The standard InChI is InChI=1S/C42H40FNO8S/c43-30-15-10-27(11-16-30)33(46)20-21-35-37(44(42(53)52-35)31-17-12-25(13-18-31)24-4-2-1-3-5-24)32-19-14-29(22-34(32)47)26-6-8-28(9-7-26)41-40(50)39(49)38(48)36(23-45)51-41/h1-19,22,33,35-41,45-50H,20-21,23H2/t33-,35+,36+,37+,38+,39-,40+,41-/m0/s1. The smallest absolute Gasteiger partial charge is 0.264 e. The van der Waals surface area contributed by atoms with Crippen molar-refractivity contribution in [3.05, 3.63) is 144 Å². The van der Waals surface area contributed by atoms with Crippen LogP contribution in [0.15, 0.2) is 121 Å². The summed E-state index contributed by atoms with van der Waals surface area (Å²) in [5.41, 5.74) is 6.03. The lowest BCUT2D eigenvalue weighted by Crippen LogP contribution is -2.55. The third-order valence-corrected chi connectivity index (χ3v) is 10.4. The number of nitrogens with zero attached hydrogens (tertiary/aromatic N) is 1. The van der Waals surface area contributed by atoms with Crippen molar-refractivity contribution in [2.75, 3.05) is 11.5 Å². The molecule has 0 bridgehead atoms. The topological polar surface area (TPSA) is 143 Å². The number of hydrogen-bond donors (Lipinski definition) is 6. The number of ether oxygens (including phenoxy) is 2. The van der Waals surface area contributed by atoms with E-state index in [1.165, 1.54) is 12.1 Å². The fraction of sp³-hybridized carbons (Fsp3) is 0.262. The Morgan fingerprint density at radius 1 is 0.717 bits per heavy atom. The van der Waals surface area contributed by atoms with Gasteiger partial charge in [0.1, 0.15) is 54.2 Å². The van der Waals surface area contributed by atoms with Gasteiger partial charge in [-0.1, -0.05) is 91.0 Å². The monoisotopic (exact) mass is 737 g/mol. The van der Waals surface area contributed by atoms with Gasteiger partial charge in [0.2, 0.25) is 0 Å². The molecule has 0 spiro atoms. The summed E-state index contributed by atoms with van der Waals surface area (Å²) in [5.74, 6) is -0.378. The first-order valence-electron chi connectivity index (χ1n) is 17.5. The highest BCUT2D eigenvalue weighted by Crippen LogP contribution is 2.44. The molecule has 0 aromatic heterocycles. The van der Waals surface area contributed by atoms with Gasteiger partial charge in [-0.3, -0.25) is 4.90 Å². The largest absolute Gasteiger partial charge is 0.508 e. The quantitative estimate of drug-likeness (QED) is 0.0928. The van der Waals surface area contributed by atoms with Crippen molar-refractivity contribution in [1.29, 1.82) is 0 Å². The van der Waals surface area contributed by atoms with E-state index in [-0.39, 0.29) is 16.7 Å². The van der Waals surface area contributed by atoms with Crippen LogP contribution in [0.2, 0.25) is 0 Å². The van der Waals surface area contributed by atoms with E-state index in [1.807, 2.05) is 71.6 Å². The van der Waals surface area contributed by atoms with Crippen molar-refractivity contribution < 1.29 is 44.5 Å². The Kier molecular flexibility index (Phi) is 10.9. The summed E-state index contributed by atoms with van der Waals surface area (Å²) >= 11 is 5.79. The third kappa shape index (κ3) is 7.55. The molecule has 0 amide bonds. The molecule has 2 fully saturated rings. The fourth-order valence-electron chi connectivity index (χ4n) is 7.19. The summed E-state index contributed by atoms with van der Waals surface area (Å²) in [4.78, 5) is 1.88. The Morgan fingerprint density at radius 2 is 1.34 bits per heavy atom. The minimum absolute atomic E-state index is 0.00815. The van der Waals surface area contributed by atoms with Crippen molar-refractivity contribution in [1.82, 2.24) is 0 Å². The van der Waals surface area contributed by atoms with Gasteiger partial charge in [-0.2, -0.15) is 0 Å². The van der Waals surface area contributed by atoms with E-state index in [9.17, 15) is 35.0 Å². The normalized spacial score (nSPS) is 24.9. The molecule has 53 heavy (non-hydrogen) atoms. The van der Waals surface area contributed by atoms with Crippen LogP contribution in [0.25, 0.3) is 22.3 Å². The van der Waals surface area contributed by atoms with E-state index in [0.29, 0.717) is 35.1 Å². The summed E-state index contributed by atoms with van der Waals surface area (Å²) in [5, 5.41) is 63.4. The van der Waals surface area contributed by atoms with Crippen molar-refractivity contribution in [3.8, 4) is 28.0 Å². The zero-order valence-corrected chi connectivity index (χ0v) is 29.3. The number of hydrogen-bond acceptors (Lipinski definition) is 9. The van der Waals surface area contributed by atoms with Gasteiger partial charge < -0.3 is 40.1 Å². The van der Waals surface area contributed by atoms with Crippen molar-refractivity contribution in [2.24, 2.45) is 0 Å². The Morgan fingerprint density at radius 3 is 2.00 bits per heavy atom. The lowest BCUT2D eigenvalue weighted by molar-refractivity contribution is -0.231. The summed E-state index contributed by atoms with van der Waals surface area (Å²) < 4.78 is 25.5. The zero-order chi connectivity index (χ0) is 37.2. The van der Waals surface area contributed by atoms with Crippen LogP contribution in [0.4, 0.5) is 10.1 Å². The SMILES string of the molecule is OC[C@H]1O[C@@H](c2ccc(-c3ccc([C@@H]4[C@@H](CC[C@H](O)c5ccc(F)cc5)OC(=S)N4c4ccc(-c5ccccc5)cc4)c(O)c3)cc2)[C@H](O)[C@@H](O)[C@@H]1O. The first-order valence-corrected chi connectivity index (χ1v) is 17.9. The molecule has 9 nitrogen and oxygen atoms in total. The van der Waals surface area contributed by atoms with Crippen LogP contribution in [0.5, 0.6) is 5.75 Å². The Bertz CT molecular complexity index is 2010. The number of aliphatic hydroxyl groups excluding tert-OH is 5. The van der Waals surface area contributed by atoms with Gasteiger partial charge in [0.15, 0.2) is 0 Å². The molecule has 5 aromatic rings. The van der Waals surface area contributed by atoms with Gasteiger partial charge in [-0.05, 0) is 88.8 Å². The minimum Gasteiger partial charge on any atom is -0.508 e. The number of phenolic OH excluding ortho intramolecular Hbond substituents is 1. The Labute approximate surface area is 311 Å². The molecular weight excluding hydrogens is 698 g/mol. The number of benzene rings is 5. The maximum Gasteiger partial charge on any atom is 0.264 e. The highest BCUT2D eigenvalue weighted by Gasteiger charge is 2.44. The number of rotatable bonds is 10. The molecule has 11 heteroatoms. The summed E-state index contributed by atoms with van der Waals surface area (Å²) in [6.07, 6.45) is -7.05. The second kappa shape index (κ2) is 15.7. The molecule has 0 saturated carbocycles. The van der Waals surface area contributed by atoms with E-state index >= 15 is 0 Å². The number of aliphatic hydroxyl groups is 5. The molecule has 7 rings (SSSR count). The van der Waals surface area contributed by atoms with Crippen molar-refractivity contribution >= 4 is 23.1 Å². The lowest BCUT2D eigenvalue weighted by Gasteiger charge is -2.40. The maximum absolute atomic E-state index is 13.5. The van der Waals surface area contributed by atoms with Gasteiger partial charge in [-0.25, -0.2) is 4.39 Å². The van der Waals surface area contributed by atoms with Crippen molar-refractivity contribution in [2.45, 2.75) is 61.6 Å². The van der Waals surface area contributed by atoms with E-state index in [1.54, 1.807) is 42.5 Å². The van der Waals surface area contributed by atoms with E-state index in [4.69, 9.17) is 21.7 Å². The number of thiocarbonyl (C=S) groups is 1. The van der Waals surface area contributed by atoms with Crippen LogP contribution < -0.4 is 4.90 Å². The highest BCUT2D eigenvalue weighted by molar-refractivity contribution is 7.80. The molecule has 274 valence electrons. The number of aromatic hydroxyl groups is 1. The van der Waals surface area contributed by atoms with Crippen LogP contribution >= 0.6 is 12.2 Å². The Balaban J connectivity index is 1.17. The predicted octanol–water partition coefficient (Wildman–Crippen LogP) is 6.13. The molecule has 5 aromatic carbocycles. The highest BCUT2D eigenvalue weighted by atomic mass is 32.1. The van der Waals surface area contributed by atoms with Crippen LogP contribution in [0.1, 0.15) is 47.8 Å². The molecule has 2 aliphatic heterocycles. The van der Waals surface area contributed by atoms with Crippen LogP contribution in [0, 0.1) is 5.82 Å². The average molecular weight is 738 g/mol. The summed E-state index contributed by atoms with van der Waals surface area (Å²) in [7, 11) is 0. The van der Waals surface area contributed by atoms with Crippen LogP contribution in [0.3, 0.4) is 0 Å². The summed E-state index contributed by atoms with van der Waals surface area (Å²) in [6.45, 7) is -0.520. The third-order valence-electron chi connectivity index (χ3n) is 10.1. The maximum atomic E-state index is 13.5. The van der Waals surface area contributed by atoms with E-state index in [2.05, 4.69) is 0 Å². The molecule has 6 N–H and O–H groups in total. The molecule has 0 aliphatic carbocycles. The number of phenols is 1. The van der Waals surface area contributed by atoms with Gasteiger partial charge in [-0.15, -0.1) is 0 Å². The molecule has 2 saturated heterocycles. The minimum atomic E-state index is -1.49. The first kappa shape index (κ1) is 36.6. The van der Waals surface area contributed by atoms with Crippen LogP contribution in [-0.2, 0) is 9.47 Å². The van der Waals surface area contributed by atoms with Gasteiger partial charge >= 0.3 is 0 Å². The molecule has 2 heterocycles.